The maximum atomic E-state index is 11.9. The fraction of sp³-hybridized carbons (Fsp3) is 0.429. The number of carbonyl (C=O) groups is 2. The minimum Gasteiger partial charge on any atom is -0.462 e. The average molecular weight is 249 g/mol. The quantitative estimate of drug-likeness (QED) is 0.835. The number of rotatable bonds is 4. The lowest BCUT2D eigenvalue weighted by atomic mass is 10.1. The first-order valence-electron chi connectivity index (χ1n) is 5.96. The largest absolute Gasteiger partial charge is 0.462 e. The van der Waals surface area contributed by atoms with Crippen molar-refractivity contribution in [2.45, 2.75) is 27.7 Å². The Hall–Kier alpha value is -1.84. The van der Waals surface area contributed by atoms with E-state index in [1.54, 1.807) is 12.1 Å². The van der Waals surface area contributed by atoms with Gasteiger partial charge in [-0.25, -0.2) is 4.79 Å². The number of nitrogens with one attached hydrogen (secondary N) is 1. The van der Waals surface area contributed by atoms with Crippen molar-refractivity contribution < 1.29 is 14.3 Å². The predicted molar refractivity (Wildman–Crippen MR) is 70.6 cm³/mol. The van der Waals surface area contributed by atoms with E-state index in [9.17, 15) is 9.59 Å². The summed E-state index contributed by atoms with van der Waals surface area (Å²) in [5.74, 6) is -0.332. The second-order valence-electron chi connectivity index (χ2n) is 4.67. The highest BCUT2D eigenvalue weighted by Crippen LogP contribution is 2.21. The molecule has 0 aliphatic rings. The molecule has 0 aliphatic heterocycles. The zero-order chi connectivity index (χ0) is 13.7. The third kappa shape index (κ3) is 3.87. The molecule has 0 saturated carbocycles. The third-order valence-corrected chi connectivity index (χ3v) is 2.34. The standard InChI is InChI=1S/C14H19NO3/c1-9(2)8-18-14(17)12-7-5-6-10(3)13(12)15-11(4)16/h5-7,9H,8H2,1-4H3,(H,15,16). The monoisotopic (exact) mass is 249 g/mol. The van der Waals surface area contributed by atoms with Crippen LogP contribution in [0.15, 0.2) is 18.2 Å². The summed E-state index contributed by atoms with van der Waals surface area (Å²) in [7, 11) is 0. The van der Waals surface area contributed by atoms with Gasteiger partial charge < -0.3 is 10.1 Å². The predicted octanol–water partition coefficient (Wildman–Crippen LogP) is 2.77. The van der Waals surface area contributed by atoms with E-state index in [0.29, 0.717) is 17.9 Å². The molecule has 0 spiro atoms. The Kier molecular flexibility index (Phi) is 4.89. The first-order chi connectivity index (χ1) is 8.41. The second kappa shape index (κ2) is 6.19. The summed E-state index contributed by atoms with van der Waals surface area (Å²) in [6.45, 7) is 7.56. The molecule has 0 aliphatic carbocycles. The molecule has 0 bridgehead atoms. The van der Waals surface area contributed by atoms with Crippen molar-refractivity contribution in [1.82, 2.24) is 0 Å². The summed E-state index contributed by atoms with van der Waals surface area (Å²) < 4.78 is 5.18. The number of hydrogen-bond acceptors (Lipinski definition) is 3. The molecule has 18 heavy (non-hydrogen) atoms. The van der Waals surface area contributed by atoms with Crippen molar-refractivity contribution in [3.8, 4) is 0 Å². The first kappa shape index (κ1) is 14.2. The van der Waals surface area contributed by atoms with Crippen LogP contribution in [0.3, 0.4) is 0 Å². The van der Waals surface area contributed by atoms with E-state index in [4.69, 9.17) is 4.74 Å². The van der Waals surface area contributed by atoms with Crippen LogP contribution in [0.1, 0.15) is 36.7 Å². The van der Waals surface area contributed by atoms with E-state index in [1.807, 2.05) is 26.8 Å². The van der Waals surface area contributed by atoms with Crippen molar-refractivity contribution in [3.05, 3.63) is 29.3 Å². The minimum atomic E-state index is -0.406. The summed E-state index contributed by atoms with van der Waals surface area (Å²) in [4.78, 5) is 23.1. The number of hydrogen-bond donors (Lipinski definition) is 1. The van der Waals surface area contributed by atoms with Crippen molar-refractivity contribution in [3.63, 3.8) is 0 Å². The van der Waals surface area contributed by atoms with Crippen LogP contribution in [-0.4, -0.2) is 18.5 Å². The number of amides is 1. The highest BCUT2D eigenvalue weighted by Gasteiger charge is 2.15. The molecule has 0 aromatic heterocycles. The lowest BCUT2D eigenvalue weighted by molar-refractivity contribution is -0.114. The van der Waals surface area contributed by atoms with Gasteiger partial charge in [-0.3, -0.25) is 4.79 Å². The van der Waals surface area contributed by atoms with Gasteiger partial charge in [0.1, 0.15) is 0 Å². The zero-order valence-electron chi connectivity index (χ0n) is 11.2. The molecule has 0 heterocycles. The molecular weight excluding hydrogens is 230 g/mol. The Morgan fingerprint density at radius 2 is 2.00 bits per heavy atom. The summed E-state index contributed by atoms with van der Waals surface area (Å²) in [5.41, 5.74) is 1.76. The molecule has 1 aromatic rings. The minimum absolute atomic E-state index is 0.206. The third-order valence-electron chi connectivity index (χ3n) is 2.34. The van der Waals surface area contributed by atoms with Gasteiger partial charge in [0, 0.05) is 6.92 Å². The Morgan fingerprint density at radius 3 is 2.56 bits per heavy atom. The molecular formula is C14H19NO3. The summed E-state index contributed by atoms with van der Waals surface area (Å²) in [5, 5.41) is 2.67. The van der Waals surface area contributed by atoms with Crippen LogP contribution >= 0.6 is 0 Å². The molecule has 0 radical (unpaired) electrons. The molecule has 4 nitrogen and oxygen atoms in total. The number of ether oxygens (including phenoxy) is 1. The lowest BCUT2D eigenvalue weighted by Crippen LogP contribution is -2.15. The van der Waals surface area contributed by atoms with E-state index in [2.05, 4.69) is 5.32 Å². The molecule has 0 saturated heterocycles. The van der Waals surface area contributed by atoms with Crippen molar-refractivity contribution >= 4 is 17.6 Å². The van der Waals surface area contributed by atoms with Crippen molar-refractivity contribution in [2.75, 3.05) is 11.9 Å². The van der Waals surface area contributed by atoms with E-state index >= 15 is 0 Å². The van der Waals surface area contributed by atoms with Crippen LogP contribution in [0.25, 0.3) is 0 Å². The van der Waals surface area contributed by atoms with E-state index in [1.165, 1.54) is 6.92 Å². The van der Waals surface area contributed by atoms with Gasteiger partial charge in [-0.1, -0.05) is 26.0 Å². The molecule has 4 heteroatoms. The number of esters is 1. The van der Waals surface area contributed by atoms with E-state index in [-0.39, 0.29) is 11.8 Å². The van der Waals surface area contributed by atoms with Gasteiger partial charge in [0.05, 0.1) is 17.9 Å². The van der Waals surface area contributed by atoms with Gasteiger partial charge in [0.2, 0.25) is 5.91 Å². The second-order valence-corrected chi connectivity index (χ2v) is 4.67. The first-order valence-corrected chi connectivity index (χ1v) is 5.96. The molecule has 1 N–H and O–H groups in total. The van der Waals surface area contributed by atoms with Gasteiger partial charge in [0.25, 0.3) is 0 Å². The molecule has 0 unspecified atom stereocenters. The molecule has 1 rings (SSSR count). The molecule has 1 aromatic carbocycles. The fourth-order valence-corrected chi connectivity index (χ4v) is 1.50. The van der Waals surface area contributed by atoms with Crippen molar-refractivity contribution in [1.29, 1.82) is 0 Å². The van der Waals surface area contributed by atoms with Gasteiger partial charge in [0.15, 0.2) is 0 Å². The van der Waals surface area contributed by atoms with Crippen LogP contribution in [0.2, 0.25) is 0 Å². The Morgan fingerprint density at radius 1 is 1.33 bits per heavy atom. The number of para-hydroxylation sites is 1. The van der Waals surface area contributed by atoms with Gasteiger partial charge >= 0.3 is 5.97 Å². The van der Waals surface area contributed by atoms with Crippen LogP contribution in [0.4, 0.5) is 5.69 Å². The highest BCUT2D eigenvalue weighted by molar-refractivity contribution is 6.01. The van der Waals surface area contributed by atoms with Gasteiger partial charge in [-0.15, -0.1) is 0 Å². The Balaban J connectivity index is 2.96. The number of anilines is 1. The van der Waals surface area contributed by atoms with Gasteiger partial charge in [-0.05, 0) is 24.5 Å². The maximum Gasteiger partial charge on any atom is 0.340 e. The molecule has 98 valence electrons. The summed E-state index contributed by atoms with van der Waals surface area (Å²) in [6.07, 6.45) is 0. The van der Waals surface area contributed by atoms with Crippen molar-refractivity contribution in [2.24, 2.45) is 5.92 Å². The number of benzene rings is 1. The Bertz CT molecular complexity index is 452. The SMILES string of the molecule is CC(=O)Nc1c(C)cccc1C(=O)OCC(C)C. The van der Waals surface area contributed by atoms with Crippen LogP contribution in [0.5, 0.6) is 0 Å². The van der Waals surface area contributed by atoms with Crippen LogP contribution < -0.4 is 5.32 Å². The van der Waals surface area contributed by atoms with E-state index in [0.717, 1.165) is 5.56 Å². The van der Waals surface area contributed by atoms with E-state index < -0.39 is 5.97 Å². The summed E-state index contributed by atoms with van der Waals surface area (Å²) >= 11 is 0. The average Bonchev–Trinajstić information content (AvgIpc) is 2.28. The number of carbonyl (C=O) groups excluding carboxylic acids is 2. The van der Waals surface area contributed by atoms with Gasteiger partial charge in [-0.2, -0.15) is 0 Å². The van der Waals surface area contributed by atoms with Crippen LogP contribution in [-0.2, 0) is 9.53 Å². The molecule has 1 amide bonds. The molecule has 0 atom stereocenters. The normalized spacial score (nSPS) is 10.3. The summed E-state index contributed by atoms with van der Waals surface area (Å²) in [6, 6.07) is 5.26. The smallest absolute Gasteiger partial charge is 0.340 e. The fourth-order valence-electron chi connectivity index (χ4n) is 1.50. The Labute approximate surface area is 107 Å². The topological polar surface area (TPSA) is 55.4 Å². The number of aryl methyl sites for hydroxylation is 1. The highest BCUT2D eigenvalue weighted by atomic mass is 16.5. The molecule has 0 fully saturated rings. The van der Waals surface area contributed by atoms with Crippen LogP contribution in [0, 0.1) is 12.8 Å². The lowest BCUT2D eigenvalue weighted by Gasteiger charge is -2.13. The zero-order valence-corrected chi connectivity index (χ0v) is 11.2. The maximum absolute atomic E-state index is 11.9.